The van der Waals surface area contributed by atoms with E-state index in [1.54, 1.807) is 4.90 Å². The van der Waals surface area contributed by atoms with E-state index in [2.05, 4.69) is 5.32 Å². The molecular weight excluding hydrogens is 313 g/mol. The van der Waals surface area contributed by atoms with Crippen LogP contribution in [0.5, 0.6) is 0 Å². The summed E-state index contributed by atoms with van der Waals surface area (Å²) >= 11 is -0.169. The first-order chi connectivity index (χ1) is 10.4. The Morgan fingerprint density at radius 3 is 2.64 bits per heavy atom. The first kappa shape index (κ1) is 17.1. The largest absolute Gasteiger partial charge is 0.446 e. The number of alkyl halides is 3. The van der Waals surface area contributed by atoms with Crippen molar-refractivity contribution in [2.24, 2.45) is 5.92 Å². The summed E-state index contributed by atoms with van der Waals surface area (Å²) < 4.78 is 36.9. The van der Waals surface area contributed by atoms with E-state index in [0.717, 1.165) is 19.4 Å². The maximum absolute atomic E-state index is 12.4. The second kappa shape index (κ2) is 7.37. The Labute approximate surface area is 132 Å². The molecule has 0 bridgehead atoms. The monoisotopic (exact) mass is 332 g/mol. The van der Waals surface area contributed by atoms with Crippen LogP contribution in [0.3, 0.4) is 0 Å². The van der Waals surface area contributed by atoms with Gasteiger partial charge in [0.05, 0.1) is 0 Å². The van der Waals surface area contributed by atoms with Crippen LogP contribution in [0, 0.1) is 5.92 Å². The van der Waals surface area contributed by atoms with Crippen LogP contribution in [-0.4, -0.2) is 43.0 Å². The minimum atomic E-state index is -4.31. The van der Waals surface area contributed by atoms with Crippen LogP contribution < -0.4 is 5.32 Å². The fraction of sp³-hybridized carbons (Fsp3) is 0.533. The second-order valence-corrected chi connectivity index (χ2v) is 6.53. The Kier molecular flexibility index (Phi) is 5.74. The lowest BCUT2D eigenvalue weighted by Gasteiger charge is -2.32. The molecule has 1 amide bonds. The van der Waals surface area contributed by atoms with E-state index in [1.807, 2.05) is 7.05 Å². The zero-order valence-corrected chi connectivity index (χ0v) is 13.1. The molecule has 1 atom stereocenters. The fourth-order valence-corrected chi connectivity index (χ4v) is 3.23. The number of nitrogens with one attached hydrogen (secondary N) is 1. The van der Waals surface area contributed by atoms with Gasteiger partial charge in [-0.2, -0.15) is 13.2 Å². The molecule has 1 unspecified atom stereocenters. The second-order valence-electron chi connectivity index (χ2n) is 5.39. The molecule has 1 aromatic rings. The van der Waals surface area contributed by atoms with Crippen molar-refractivity contribution < 1.29 is 18.0 Å². The number of thioether (sulfide) groups is 1. The molecule has 1 aromatic carbocycles. The van der Waals surface area contributed by atoms with Crippen LogP contribution >= 0.6 is 11.8 Å². The number of benzene rings is 1. The predicted octanol–water partition coefficient (Wildman–Crippen LogP) is 3.37. The summed E-state index contributed by atoms with van der Waals surface area (Å²) in [4.78, 5) is 14.3. The number of carbonyl (C=O) groups is 1. The minimum Gasteiger partial charge on any atom is -0.338 e. The quantitative estimate of drug-likeness (QED) is 0.858. The molecule has 1 N–H and O–H groups in total. The van der Waals surface area contributed by atoms with Gasteiger partial charge in [0.1, 0.15) is 0 Å². The number of likely N-dealkylation sites (tertiary alicyclic amines) is 1. The molecule has 0 saturated carbocycles. The zero-order chi connectivity index (χ0) is 16.2. The van der Waals surface area contributed by atoms with E-state index >= 15 is 0 Å². The van der Waals surface area contributed by atoms with E-state index in [-0.39, 0.29) is 22.6 Å². The summed E-state index contributed by atoms with van der Waals surface area (Å²) in [5.41, 5.74) is -3.87. The van der Waals surface area contributed by atoms with E-state index in [0.29, 0.717) is 24.6 Å². The van der Waals surface area contributed by atoms with E-state index in [9.17, 15) is 18.0 Å². The summed E-state index contributed by atoms with van der Waals surface area (Å²) in [6.07, 6.45) is 2.05. The lowest BCUT2D eigenvalue weighted by atomic mass is 9.97. The summed E-state index contributed by atoms with van der Waals surface area (Å²) in [6.45, 7) is 2.27. The molecule has 0 aromatic heterocycles. The molecule has 22 heavy (non-hydrogen) atoms. The van der Waals surface area contributed by atoms with Gasteiger partial charge in [-0.05, 0) is 68.4 Å². The number of nitrogens with zero attached hydrogens (tertiary/aromatic N) is 1. The molecule has 1 aliphatic heterocycles. The van der Waals surface area contributed by atoms with Gasteiger partial charge in [-0.25, -0.2) is 0 Å². The highest BCUT2D eigenvalue weighted by Crippen LogP contribution is 2.36. The lowest BCUT2D eigenvalue weighted by Crippen LogP contribution is -2.42. The molecule has 1 heterocycles. The van der Waals surface area contributed by atoms with Gasteiger partial charge in [0.25, 0.3) is 5.91 Å². The van der Waals surface area contributed by atoms with Crippen molar-refractivity contribution >= 4 is 17.7 Å². The van der Waals surface area contributed by atoms with Crippen LogP contribution in [-0.2, 0) is 0 Å². The highest BCUT2D eigenvalue weighted by molar-refractivity contribution is 8.00. The van der Waals surface area contributed by atoms with E-state index < -0.39 is 5.51 Å². The number of hydrogen-bond donors (Lipinski definition) is 1. The summed E-state index contributed by atoms with van der Waals surface area (Å²) in [6, 6.07) is 5.64. The first-order valence-corrected chi connectivity index (χ1v) is 8.00. The Hall–Kier alpha value is -1.21. The number of piperidine rings is 1. The fourth-order valence-electron chi connectivity index (χ4n) is 2.69. The van der Waals surface area contributed by atoms with Gasteiger partial charge in [-0.15, -0.1) is 0 Å². The van der Waals surface area contributed by atoms with Gasteiger partial charge in [0.15, 0.2) is 0 Å². The Morgan fingerprint density at radius 2 is 2.05 bits per heavy atom. The molecule has 0 radical (unpaired) electrons. The number of rotatable bonds is 4. The van der Waals surface area contributed by atoms with Gasteiger partial charge in [-0.1, -0.05) is 0 Å². The van der Waals surface area contributed by atoms with Crippen molar-refractivity contribution in [3.63, 3.8) is 0 Å². The van der Waals surface area contributed by atoms with Gasteiger partial charge in [0, 0.05) is 23.5 Å². The highest BCUT2D eigenvalue weighted by Gasteiger charge is 2.29. The normalized spacial score (nSPS) is 19.3. The van der Waals surface area contributed by atoms with E-state index in [1.165, 1.54) is 24.3 Å². The van der Waals surface area contributed by atoms with Crippen molar-refractivity contribution in [2.75, 3.05) is 26.7 Å². The van der Waals surface area contributed by atoms with Gasteiger partial charge < -0.3 is 10.2 Å². The van der Waals surface area contributed by atoms with Crippen molar-refractivity contribution in [3.05, 3.63) is 29.8 Å². The molecular formula is C15H19F3N2OS. The summed E-state index contributed by atoms with van der Waals surface area (Å²) in [5, 5.41) is 3.12. The Bertz CT molecular complexity index is 503. The van der Waals surface area contributed by atoms with Gasteiger partial charge >= 0.3 is 5.51 Å². The highest BCUT2D eigenvalue weighted by atomic mass is 32.2. The molecule has 0 spiro atoms. The third kappa shape index (κ3) is 4.91. The minimum absolute atomic E-state index is 0.0933. The van der Waals surface area contributed by atoms with Crippen LogP contribution in [0.2, 0.25) is 0 Å². The standard InChI is InChI=1S/C15H19F3N2OS/c1-19-9-11-3-2-8-20(10-11)14(21)12-4-6-13(7-5-12)22-15(16,17)18/h4-7,11,19H,2-3,8-10H2,1H3. The summed E-state index contributed by atoms with van der Waals surface area (Å²) in [7, 11) is 1.89. The molecule has 1 fully saturated rings. The van der Waals surface area contributed by atoms with Crippen molar-refractivity contribution in [1.29, 1.82) is 0 Å². The topological polar surface area (TPSA) is 32.3 Å². The SMILES string of the molecule is CNCC1CCCN(C(=O)c2ccc(SC(F)(F)F)cc2)C1. The number of halogens is 3. The van der Waals surface area contributed by atoms with Crippen LogP contribution in [0.25, 0.3) is 0 Å². The number of carbonyl (C=O) groups excluding carboxylic acids is 1. The molecule has 122 valence electrons. The third-order valence-electron chi connectivity index (χ3n) is 3.63. The Balaban J connectivity index is 2.00. The molecule has 2 rings (SSSR count). The maximum atomic E-state index is 12.4. The van der Waals surface area contributed by atoms with Crippen molar-refractivity contribution in [2.45, 2.75) is 23.2 Å². The first-order valence-electron chi connectivity index (χ1n) is 7.19. The number of amides is 1. The van der Waals surface area contributed by atoms with Crippen LogP contribution in [0.15, 0.2) is 29.2 Å². The maximum Gasteiger partial charge on any atom is 0.446 e. The lowest BCUT2D eigenvalue weighted by molar-refractivity contribution is -0.0328. The van der Waals surface area contributed by atoms with Crippen LogP contribution in [0.4, 0.5) is 13.2 Å². The zero-order valence-electron chi connectivity index (χ0n) is 12.3. The third-order valence-corrected chi connectivity index (χ3v) is 4.37. The molecule has 1 saturated heterocycles. The Morgan fingerprint density at radius 1 is 1.36 bits per heavy atom. The van der Waals surface area contributed by atoms with E-state index in [4.69, 9.17) is 0 Å². The van der Waals surface area contributed by atoms with Crippen molar-refractivity contribution in [3.8, 4) is 0 Å². The van der Waals surface area contributed by atoms with Gasteiger partial charge in [0.2, 0.25) is 0 Å². The summed E-state index contributed by atoms with van der Waals surface area (Å²) in [5.74, 6) is 0.326. The molecule has 1 aliphatic rings. The number of hydrogen-bond acceptors (Lipinski definition) is 3. The molecule has 3 nitrogen and oxygen atoms in total. The molecule has 0 aliphatic carbocycles. The average Bonchev–Trinajstić information content (AvgIpc) is 2.46. The van der Waals surface area contributed by atoms with Crippen molar-refractivity contribution in [1.82, 2.24) is 10.2 Å². The smallest absolute Gasteiger partial charge is 0.338 e. The molecule has 7 heteroatoms. The van der Waals surface area contributed by atoms with Crippen LogP contribution in [0.1, 0.15) is 23.2 Å². The average molecular weight is 332 g/mol. The van der Waals surface area contributed by atoms with Gasteiger partial charge in [-0.3, -0.25) is 4.79 Å². The predicted molar refractivity (Wildman–Crippen MR) is 80.9 cm³/mol.